The molecule has 1 aliphatic carbocycles. The average molecular weight is 359 g/mol. The number of halogens is 2. The van der Waals surface area contributed by atoms with Gasteiger partial charge in [-0.15, -0.1) is 0 Å². The van der Waals surface area contributed by atoms with Crippen molar-refractivity contribution >= 4 is 27.9 Å². The maximum atomic E-state index is 12.9. The molecule has 1 aromatic carbocycles. The highest BCUT2D eigenvalue weighted by Crippen LogP contribution is 2.25. The van der Waals surface area contributed by atoms with Crippen molar-refractivity contribution in [1.29, 1.82) is 0 Å². The van der Waals surface area contributed by atoms with E-state index in [1.807, 2.05) is 0 Å². The van der Waals surface area contributed by atoms with Gasteiger partial charge in [-0.1, -0.05) is 12.8 Å². The molecule has 1 aromatic rings. The molecule has 0 aliphatic heterocycles. The van der Waals surface area contributed by atoms with Crippen LogP contribution in [0.3, 0.4) is 0 Å². The van der Waals surface area contributed by atoms with Crippen LogP contribution in [-0.2, 0) is 4.79 Å². The number of carbonyl (C=O) groups is 2. The normalized spacial score (nSPS) is 14.8. The lowest BCUT2D eigenvalue weighted by Gasteiger charge is -2.12. The van der Waals surface area contributed by atoms with E-state index in [2.05, 4.69) is 26.6 Å². The van der Waals surface area contributed by atoms with Gasteiger partial charge in [0.05, 0.1) is 4.47 Å². The number of ether oxygens (including phenoxy) is 1. The number of urea groups is 1. The van der Waals surface area contributed by atoms with Crippen LogP contribution in [0.25, 0.3) is 0 Å². The molecule has 0 unspecified atom stereocenters. The van der Waals surface area contributed by atoms with Crippen LogP contribution in [0.5, 0.6) is 5.75 Å². The fourth-order valence-electron chi connectivity index (χ4n) is 2.19. The third-order valence-electron chi connectivity index (χ3n) is 3.20. The van der Waals surface area contributed by atoms with E-state index in [9.17, 15) is 14.0 Å². The Labute approximate surface area is 130 Å². The van der Waals surface area contributed by atoms with Crippen molar-refractivity contribution in [3.8, 4) is 5.75 Å². The first-order valence-corrected chi connectivity index (χ1v) is 7.52. The van der Waals surface area contributed by atoms with Gasteiger partial charge in [0, 0.05) is 6.04 Å². The summed E-state index contributed by atoms with van der Waals surface area (Å²) in [4.78, 5) is 23.2. The van der Waals surface area contributed by atoms with Gasteiger partial charge in [-0.3, -0.25) is 10.1 Å². The van der Waals surface area contributed by atoms with Crippen LogP contribution in [0.15, 0.2) is 22.7 Å². The second-order valence-corrected chi connectivity index (χ2v) is 5.72. The third-order valence-corrected chi connectivity index (χ3v) is 3.82. The van der Waals surface area contributed by atoms with Crippen LogP contribution in [0.4, 0.5) is 9.18 Å². The molecule has 0 heterocycles. The smallest absolute Gasteiger partial charge is 0.321 e. The van der Waals surface area contributed by atoms with E-state index in [0.717, 1.165) is 25.7 Å². The lowest BCUT2D eigenvalue weighted by atomic mass is 10.2. The predicted molar refractivity (Wildman–Crippen MR) is 78.5 cm³/mol. The molecule has 7 heteroatoms. The van der Waals surface area contributed by atoms with Crippen molar-refractivity contribution in [2.24, 2.45) is 0 Å². The van der Waals surface area contributed by atoms with Gasteiger partial charge in [0.1, 0.15) is 11.6 Å². The first-order valence-electron chi connectivity index (χ1n) is 6.73. The Hall–Kier alpha value is -1.63. The van der Waals surface area contributed by atoms with E-state index in [-0.39, 0.29) is 12.6 Å². The SMILES string of the molecule is O=C(COc1ccc(F)cc1Br)NC(=O)NC1CCCC1. The molecule has 2 N–H and O–H groups in total. The second-order valence-electron chi connectivity index (χ2n) is 4.87. The summed E-state index contributed by atoms with van der Waals surface area (Å²) < 4.78 is 18.5. The van der Waals surface area contributed by atoms with E-state index in [1.54, 1.807) is 0 Å². The first kappa shape index (κ1) is 15.8. The zero-order chi connectivity index (χ0) is 15.2. The lowest BCUT2D eigenvalue weighted by molar-refractivity contribution is -0.122. The van der Waals surface area contributed by atoms with Crippen molar-refractivity contribution in [1.82, 2.24) is 10.6 Å². The van der Waals surface area contributed by atoms with Crippen LogP contribution in [-0.4, -0.2) is 24.6 Å². The van der Waals surface area contributed by atoms with Crippen molar-refractivity contribution in [2.75, 3.05) is 6.61 Å². The Kier molecular flexibility index (Phi) is 5.55. The maximum Gasteiger partial charge on any atom is 0.321 e. The summed E-state index contributed by atoms with van der Waals surface area (Å²) in [5.74, 6) is -0.626. The van der Waals surface area contributed by atoms with Gasteiger partial charge in [0.2, 0.25) is 0 Å². The van der Waals surface area contributed by atoms with Crippen LogP contribution in [0.1, 0.15) is 25.7 Å². The van der Waals surface area contributed by atoms with Crippen molar-refractivity contribution in [3.63, 3.8) is 0 Å². The van der Waals surface area contributed by atoms with Gasteiger partial charge < -0.3 is 10.1 Å². The molecule has 0 bridgehead atoms. The maximum absolute atomic E-state index is 12.9. The molecule has 0 radical (unpaired) electrons. The third kappa shape index (κ3) is 5.00. The number of nitrogens with one attached hydrogen (secondary N) is 2. The second kappa shape index (κ2) is 7.40. The molecule has 21 heavy (non-hydrogen) atoms. The molecule has 2 rings (SSSR count). The van der Waals surface area contributed by atoms with Crippen molar-refractivity contribution < 1.29 is 18.7 Å². The number of amides is 3. The molecular weight excluding hydrogens is 343 g/mol. The van der Waals surface area contributed by atoms with Gasteiger partial charge in [-0.2, -0.15) is 0 Å². The highest BCUT2D eigenvalue weighted by atomic mass is 79.9. The first-order chi connectivity index (χ1) is 10.0. The molecule has 1 fully saturated rings. The van der Waals surface area contributed by atoms with Crippen LogP contribution >= 0.6 is 15.9 Å². The Balaban J connectivity index is 1.75. The molecule has 1 saturated carbocycles. The minimum atomic E-state index is -0.554. The monoisotopic (exact) mass is 358 g/mol. The quantitative estimate of drug-likeness (QED) is 0.869. The largest absolute Gasteiger partial charge is 0.483 e. The van der Waals surface area contributed by atoms with Crippen molar-refractivity contribution in [2.45, 2.75) is 31.7 Å². The summed E-state index contributed by atoms with van der Waals surface area (Å²) in [6, 6.07) is 3.51. The van der Waals surface area contributed by atoms with Crippen LogP contribution in [0, 0.1) is 5.82 Å². The van der Waals surface area contributed by atoms with Crippen LogP contribution in [0.2, 0.25) is 0 Å². The van der Waals surface area contributed by atoms with E-state index >= 15 is 0 Å². The molecule has 5 nitrogen and oxygen atoms in total. The highest BCUT2D eigenvalue weighted by molar-refractivity contribution is 9.10. The molecule has 0 spiro atoms. The molecule has 0 atom stereocenters. The number of rotatable bonds is 4. The van der Waals surface area contributed by atoms with Crippen LogP contribution < -0.4 is 15.4 Å². The molecule has 3 amide bonds. The minimum Gasteiger partial charge on any atom is -0.483 e. The zero-order valence-corrected chi connectivity index (χ0v) is 12.9. The number of carbonyl (C=O) groups excluding carboxylic acids is 2. The Morgan fingerprint density at radius 2 is 2.05 bits per heavy atom. The average Bonchev–Trinajstić information content (AvgIpc) is 2.90. The topological polar surface area (TPSA) is 67.4 Å². The van der Waals surface area contributed by atoms with Gasteiger partial charge in [0.15, 0.2) is 6.61 Å². The number of benzene rings is 1. The fraction of sp³-hybridized carbons (Fsp3) is 0.429. The number of hydrogen-bond donors (Lipinski definition) is 2. The lowest BCUT2D eigenvalue weighted by Crippen LogP contribution is -2.45. The summed E-state index contributed by atoms with van der Waals surface area (Å²) in [6.07, 6.45) is 4.09. The van der Waals surface area contributed by atoms with E-state index in [0.29, 0.717) is 10.2 Å². The zero-order valence-electron chi connectivity index (χ0n) is 11.3. The molecule has 0 saturated heterocycles. The Morgan fingerprint density at radius 3 is 2.71 bits per heavy atom. The van der Waals surface area contributed by atoms with Gasteiger partial charge in [-0.05, 0) is 47.0 Å². The summed E-state index contributed by atoms with van der Waals surface area (Å²) in [5.41, 5.74) is 0. The summed E-state index contributed by atoms with van der Waals surface area (Å²) in [7, 11) is 0. The van der Waals surface area contributed by atoms with Gasteiger partial charge in [-0.25, -0.2) is 9.18 Å². The summed E-state index contributed by atoms with van der Waals surface area (Å²) in [6.45, 7) is -0.317. The fourth-order valence-corrected chi connectivity index (χ4v) is 2.66. The molecular formula is C14H16BrFN2O3. The van der Waals surface area contributed by atoms with E-state index < -0.39 is 17.8 Å². The van der Waals surface area contributed by atoms with Crippen molar-refractivity contribution in [3.05, 3.63) is 28.5 Å². The summed E-state index contributed by atoms with van der Waals surface area (Å²) >= 11 is 3.13. The molecule has 1 aliphatic rings. The predicted octanol–water partition coefficient (Wildman–Crippen LogP) is 2.74. The van der Waals surface area contributed by atoms with Gasteiger partial charge in [0.25, 0.3) is 5.91 Å². The minimum absolute atomic E-state index is 0.143. The highest BCUT2D eigenvalue weighted by Gasteiger charge is 2.18. The Bertz CT molecular complexity index is 533. The summed E-state index contributed by atoms with van der Waals surface area (Å²) in [5, 5.41) is 4.95. The number of imide groups is 1. The number of hydrogen-bond acceptors (Lipinski definition) is 3. The molecule has 114 valence electrons. The van der Waals surface area contributed by atoms with Gasteiger partial charge >= 0.3 is 6.03 Å². The Morgan fingerprint density at radius 1 is 1.33 bits per heavy atom. The van der Waals surface area contributed by atoms with E-state index in [4.69, 9.17) is 4.74 Å². The van der Waals surface area contributed by atoms with E-state index in [1.165, 1.54) is 18.2 Å². The molecule has 0 aromatic heterocycles. The standard InChI is InChI=1S/C14H16BrFN2O3/c15-11-7-9(16)5-6-12(11)21-8-13(19)18-14(20)17-10-3-1-2-4-10/h5-7,10H,1-4,8H2,(H2,17,18,19,20).